The first kappa shape index (κ1) is 17.0. The van der Waals surface area contributed by atoms with E-state index in [1.54, 1.807) is 12.1 Å². The summed E-state index contributed by atoms with van der Waals surface area (Å²) < 4.78 is 46.2. The Bertz CT molecular complexity index is 1240. The van der Waals surface area contributed by atoms with Gasteiger partial charge in [0.1, 0.15) is 5.75 Å². The second-order valence-corrected chi connectivity index (χ2v) is 5.87. The Labute approximate surface area is 149 Å². The van der Waals surface area contributed by atoms with Crippen molar-refractivity contribution in [2.24, 2.45) is 0 Å². The molecule has 0 atom stereocenters. The zero-order valence-corrected chi connectivity index (χ0v) is 14.2. The van der Waals surface area contributed by atoms with Crippen molar-refractivity contribution >= 4 is 16.7 Å². The van der Waals surface area contributed by atoms with Crippen LogP contribution in [0.1, 0.15) is 11.4 Å². The Morgan fingerprint density at radius 3 is 2.67 bits per heavy atom. The highest BCUT2D eigenvalue weighted by Crippen LogP contribution is 2.27. The van der Waals surface area contributed by atoms with Gasteiger partial charge in [0.15, 0.2) is 0 Å². The average Bonchev–Trinajstić information content (AvgIpc) is 3.07. The van der Waals surface area contributed by atoms with Crippen LogP contribution in [0.15, 0.2) is 41.5 Å². The fraction of sp³-hybridized carbons (Fsp3) is 0.176. The van der Waals surface area contributed by atoms with Crippen molar-refractivity contribution in [2.45, 2.75) is 13.1 Å². The molecule has 10 heteroatoms. The van der Waals surface area contributed by atoms with Gasteiger partial charge >= 0.3 is 6.18 Å². The zero-order valence-electron chi connectivity index (χ0n) is 14.2. The maximum absolute atomic E-state index is 12.9. The first-order valence-electron chi connectivity index (χ1n) is 7.79. The summed E-state index contributed by atoms with van der Waals surface area (Å²) in [5.74, 6) is -1.07. The monoisotopic (exact) mass is 375 g/mol. The fourth-order valence-electron chi connectivity index (χ4n) is 2.82. The van der Waals surface area contributed by atoms with E-state index in [0.717, 1.165) is 10.1 Å². The van der Waals surface area contributed by atoms with Gasteiger partial charge in [-0.2, -0.15) is 22.7 Å². The number of aryl methyl sites for hydroxylation is 1. The smallest absolute Gasteiger partial charge is 0.453 e. The number of ether oxygens (including phenoxy) is 1. The first-order chi connectivity index (χ1) is 12.8. The van der Waals surface area contributed by atoms with Gasteiger partial charge in [0.2, 0.25) is 0 Å². The largest absolute Gasteiger partial charge is 0.495 e. The molecule has 0 amide bonds. The van der Waals surface area contributed by atoms with Gasteiger partial charge < -0.3 is 4.74 Å². The van der Waals surface area contributed by atoms with Crippen LogP contribution < -0.4 is 10.3 Å². The molecule has 7 nitrogen and oxygen atoms in total. The van der Waals surface area contributed by atoms with Gasteiger partial charge in [0.25, 0.3) is 17.2 Å². The van der Waals surface area contributed by atoms with Crippen molar-refractivity contribution in [3.63, 3.8) is 0 Å². The van der Waals surface area contributed by atoms with Crippen LogP contribution in [0, 0.1) is 6.92 Å². The molecule has 0 unspecified atom stereocenters. The highest BCUT2D eigenvalue weighted by molar-refractivity contribution is 5.79. The van der Waals surface area contributed by atoms with Crippen LogP contribution in [-0.4, -0.2) is 31.3 Å². The van der Waals surface area contributed by atoms with E-state index < -0.39 is 17.6 Å². The lowest BCUT2D eigenvalue weighted by Gasteiger charge is -2.12. The van der Waals surface area contributed by atoms with Gasteiger partial charge in [-0.05, 0) is 30.7 Å². The van der Waals surface area contributed by atoms with Crippen LogP contribution in [0.5, 0.6) is 5.75 Å². The Balaban J connectivity index is 2.00. The molecule has 4 aromatic rings. The van der Waals surface area contributed by atoms with Crippen molar-refractivity contribution in [1.29, 1.82) is 0 Å². The van der Waals surface area contributed by atoms with E-state index in [4.69, 9.17) is 4.74 Å². The van der Waals surface area contributed by atoms with E-state index in [9.17, 15) is 18.0 Å². The molecule has 1 aromatic carbocycles. The van der Waals surface area contributed by atoms with Crippen LogP contribution >= 0.6 is 0 Å². The molecule has 0 bridgehead atoms. The number of methoxy groups -OCH3 is 1. The Morgan fingerprint density at radius 1 is 1.19 bits per heavy atom. The Kier molecular flexibility index (Phi) is 3.65. The lowest BCUT2D eigenvalue weighted by molar-refractivity contribution is -0.144. The van der Waals surface area contributed by atoms with Gasteiger partial charge in [-0.1, -0.05) is 6.07 Å². The number of benzene rings is 1. The molecule has 3 heterocycles. The molecule has 3 aromatic heterocycles. The van der Waals surface area contributed by atoms with E-state index in [1.165, 1.54) is 30.1 Å². The second-order valence-electron chi connectivity index (χ2n) is 5.87. The predicted molar refractivity (Wildman–Crippen MR) is 90.2 cm³/mol. The number of halogens is 3. The molecular formula is C17H12F3N5O2. The molecule has 0 N–H and O–H groups in total. The molecule has 0 aliphatic carbocycles. The van der Waals surface area contributed by atoms with E-state index >= 15 is 0 Å². The molecule has 0 spiro atoms. The predicted octanol–water partition coefficient (Wildman–Crippen LogP) is 2.76. The SMILES string of the molecule is COc1ccc(C)cc1-n1ccc2c(cnc3nc(C(F)(F)F)nn32)c1=O. The summed E-state index contributed by atoms with van der Waals surface area (Å²) in [5, 5.41) is 3.55. The minimum Gasteiger partial charge on any atom is -0.495 e. The number of rotatable bonds is 2. The molecule has 0 fully saturated rings. The number of nitrogens with zero attached hydrogens (tertiary/aromatic N) is 5. The van der Waals surface area contributed by atoms with Gasteiger partial charge in [-0.3, -0.25) is 9.36 Å². The number of hydrogen-bond acceptors (Lipinski definition) is 5. The number of hydrogen-bond donors (Lipinski definition) is 0. The molecular weight excluding hydrogens is 363 g/mol. The molecule has 27 heavy (non-hydrogen) atoms. The Hall–Kier alpha value is -3.43. The fourth-order valence-corrected chi connectivity index (χ4v) is 2.82. The summed E-state index contributed by atoms with van der Waals surface area (Å²) in [6.07, 6.45) is -2.05. The van der Waals surface area contributed by atoms with Crippen molar-refractivity contribution in [3.05, 3.63) is 58.4 Å². The van der Waals surface area contributed by atoms with E-state index in [2.05, 4.69) is 15.1 Å². The quantitative estimate of drug-likeness (QED) is 0.539. The summed E-state index contributed by atoms with van der Waals surface area (Å²) in [6.45, 7) is 1.87. The summed E-state index contributed by atoms with van der Waals surface area (Å²) in [7, 11) is 1.49. The summed E-state index contributed by atoms with van der Waals surface area (Å²) >= 11 is 0. The lowest BCUT2D eigenvalue weighted by Crippen LogP contribution is -2.19. The molecule has 4 rings (SSSR count). The van der Waals surface area contributed by atoms with Crippen molar-refractivity contribution in [2.75, 3.05) is 7.11 Å². The minimum absolute atomic E-state index is 0.104. The molecule has 0 radical (unpaired) electrons. The van der Waals surface area contributed by atoms with E-state index in [-0.39, 0.29) is 16.7 Å². The molecule has 0 aliphatic heterocycles. The number of alkyl halides is 3. The number of fused-ring (bicyclic) bond motifs is 3. The maximum Gasteiger partial charge on any atom is 0.453 e. The third-order valence-corrected chi connectivity index (χ3v) is 4.08. The van der Waals surface area contributed by atoms with Crippen LogP contribution in [0.25, 0.3) is 22.4 Å². The maximum atomic E-state index is 12.9. The minimum atomic E-state index is -4.70. The van der Waals surface area contributed by atoms with Crippen LogP contribution in [0.2, 0.25) is 0 Å². The second kappa shape index (κ2) is 5.79. The molecule has 0 saturated carbocycles. The third kappa shape index (κ3) is 2.69. The van der Waals surface area contributed by atoms with Gasteiger partial charge in [-0.25, -0.2) is 4.98 Å². The van der Waals surface area contributed by atoms with Crippen LogP contribution in [-0.2, 0) is 6.18 Å². The van der Waals surface area contributed by atoms with Crippen molar-refractivity contribution < 1.29 is 17.9 Å². The standard InChI is InChI=1S/C17H12F3N5O2/c1-9-3-4-13(27-2)12(7-9)24-6-5-11-10(14(24)26)8-21-16-22-15(17(18,19)20)23-25(11)16/h3-8H,1-2H3. The van der Waals surface area contributed by atoms with E-state index in [0.29, 0.717) is 11.4 Å². The van der Waals surface area contributed by atoms with Crippen molar-refractivity contribution in [1.82, 2.24) is 24.1 Å². The summed E-state index contributed by atoms with van der Waals surface area (Å²) in [6, 6.07) is 6.83. The molecule has 0 aliphatic rings. The summed E-state index contributed by atoms with van der Waals surface area (Å²) in [5.41, 5.74) is 1.14. The van der Waals surface area contributed by atoms with Crippen LogP contribution in [0.3, 0.4) is 0 Å². The normalized spacial score (nSPS) is 12.0. The first-order valence-corrected chi connectivity index (χ1v) is 7.79. The topological polar surface area (TPSA) is 74.3 Å². The van der Waals surface area contributed by atoms with Gasteiger partial charge in [0.05, 0.1) is 23.7 Å². The highest BCUT2D eigenvalue weighted by Gasteiger charge is 2.36. The zero-order chi connectivity index (χ0) is 19.3. The summed E-state index contributed by atoms with van der Waals surface area (Å²) in [4.78, 5) is 20.2. The molecule has 138 valence electrons. The highest BCUT2D eigenvalue weighted by atomic mass is 19.4. The Morgan fingerprint density at radius 2 is 1.96 bits per heavy atom. The number of pyridine rings is 1. The van der Waals surface area contributed by atoms with Gasteiger partial charge in [0, 0.05) is 12.4 Å². The molecule has 0 saturated heterocycles. The van der Waals surface area contributed by atoms with Crippen molar-refractivity contribution in [3.8, 4) is 11.4 Å². The average molecular weight is 375 g/mol. The van der Waals surface area contributed by atoms with Crippen LogP contribution in [0.4, 0.5) is 13.2 Å². The van der Waals surface area contributed by atoms with Gasteiger partial charge in [-0.15, -0.1) is 5.10 Å². The van der Waals surface area contributed by atoms with E-state index in [1.807, 2.05) is 13.0 Å². The number of aromatic nitrogens is 5. The lowest BCUT2D eigenvalue weighted by atomic mass is 10.2. The third-order valence-electron chi connectivity index (χ3n) is 4.08.